The van der Waals surface area contributed by atoms with E-state index in [0.29, 0.717) is 35.5 Å². The van der Waals surface area contributed by atoms with E-state index in [0.717, 1.165) is 9.56 Å². The van der Waals surface area contributed by atoms with E-state index >= 15 is 0 Å². The van der Waals surface area contributed by atoms with E-state index in [9.17, 15) is 22.8 Å². The molecule has 0 fully saturated rings. The van der Waals surface area contributed by atoms with E-state index in [-0.39, 0.29) is 24.3 Å². The van der Waals surface area contributed by atoms with Crippen LogP contribution in [0.4, 0.5) is 18.2 Å². The predicted molar refractivity (Wildman–Crippen MR) is 97.6 cm³/mol. The number of hydrogen-bond donors (Lipinski definition) is 1. The predicted octanol–water partition coefficient (Wildman–Crippen LogP) is 3.88. The van der Waals surface area contributed by atoms with Crippen molar-refractivity contribution in [3.05, 3.63) is 33.0 Å². The summed E-state index contributed by atoms with van der Waals surface area (Å²) in [5.41, 5.74) is 0.697. The third-order valence-electron chi connectivity index (χ3n) is 4.69. The minimum atomic E-state index is -4.55. The maximum absolute atomic E-state index is 13.2. The lowest BCUT2D eigenvalue weighted by molar-refractivity contribution is -0.142. The molecule has 1 N–H and O–H groups in total. The molecule has 0 saturated heterocycles. The lowest BCUT2D eigenvalue weighted by Crippen LogP contribution is -2.22. The molecule has 2 heterocycles. The lowest BCUT2D eigenvalue weighted by Gasteiger charge is -2.09. The van der Waals surface area contributed by atoms with Crippen LogP contribution < -0.4 is 5.32 Å². The number of ether oxygens (including phenoxy) is 1. The Morgan fingerprint density at radius 1 is 1.29 bits per heavy atom. The van der Waals surface area contributed by atoms with Gasteiger partial charge in [-0.05, 0) is 45.6 Å². The van der Waals surface area contributed by atoms with Crippen molar-refractivity contribution in [1.29, 1.82) is 0 Å². The second-order valence-electron chi connectivity index (χ2n) is 6.54. The van der Waals surface area contributed by atoms with Crippen molar-refractivity contribution in [2.24, 2.45) is 0 Å². The number of nitrogens with one attached hydrogen (secondary N) is 1. The fourth-order valence-electron chi connectivity index (χ4n) is 3.33. The number of carbonyl (C=O) groups is 2. The molecule has 2 aromatic heterocycles. The lowest BCUT2D eigenvalue weighted by atomic mass is 10.1. The second-order valence-corrected chi connectivity index (χ2v) is 7.76. The fraction of sp³-hybridized carbons (Fsp3) is 0.500. The van der Waals surface area contributed by atoms with Crippen molar-refractivity contribution in [3.63, 3.8) is 0 Å². The number of esters is 1. The van der Waals surface area contributed by atoms with E-state index < -0.39 is 23.7 Å². The van der Waals surface area contributed by atoms with Crippen molar-refractivity contribution in [3.8, 4) is 0 Å². The number of alkyl halides is 3. The molecule has 0 atom stereocenters. The van der Waals surface area contributed by atoms with Gasteiger partial charge in [0.05, 0.1) is 12.2 Å². The number of fused-ring (bicyclic) bond motifs is 1. The zero-order chi connectivity index (χ0) is 20.6. The van der Waals surface area contributed by atoms with Gasteiger partial charge in [-0.1, -0.05) is 0 Å². The Morgan fingerprint density at radius 3 is 2.64 bits per heavy atom. The molecule has 2 aromatic rings. The van der Waals surface area contributed by atoms with Crippen LogP contribution in [0.5, 0.6) is 0 Å². The summed E-state index contributed by atoms with van der Waals surface area (Å²) in [5.74, 6) is -1.09. The summed E-state index contributed by atoms with van der Waals surface area (Å²) < 4.78 is 45.7. The number of thiophene rings is 1. The van der Waals surface area contributed by atoms with Gasteiger partial charge in [0.2, 0.25) is 5.91 Å². The molecule has 6 nitrogen and oxygen atoms in total. The highest BCUT2D eigenvalue weighted by molar-refractivity contribution is 7.16. The summed E-state index contributed by atoms with van der Waals surface area (Å²) in [6.45, 7) is 5.09. The van der Waals surface area contributed by atoms with Crippen LogP contribution in [0.25, 0.3) is 0 Å². The average molecular weight is 415 g/mol. The Kier molecular flexibility index (Phi) is 5.51. The fourth-order valence-corrected chi connectivity index (χ4v) is 4.40. The zero-order valence-electron chi connectivity index (χ0n) is 15.7. The Morgan fingerprint density at radius 2 is 2.00 bits per heavy atom. The molecule has 0 radical (unpaired) electrons. The minimum absolute atomic E-state index is 0.176. The Bertz CT molecular complexity index is 931. The highest BCUT2D eigenvalue weighted by Gasteiger charge is 2.40. The van der Waals surface area contributed by atoms with Gasteiger partial charge in [-0.2, -0.15) is 18.3 Å². The van der Waals surface area contributed by atoms with Gasteiger partial charge in [0.25, 0.3) is 0 Å². The summed E-state index contributed by atoms with van der Waals surface area (Å²) in [7, 11) is 0. The molecular weight excluding hydrogens is 395 g/mol. The average Bonchev–Trinajstić information content (AvgIpc) is 3.24. The van der Waals surface area contributed by atoms with Gasteiger partial charge in [-0.25, -0.2) is 4.79 Å². The molecular formula is C18H20F3N3O3S. The van der Waals surface area contributed by atoms with Crippen LogP contribution in [-0.4, -0.2) is 28.3 Å². The number of amides is 1. The number of halogens is 3. The first kappa shape index (κ1) is 20.4. The minimum Gasteiger partial charge on any atom is -0.462 e. The normalized spacial score (nSPS) is 13.5. The van der Waals surface area contributed by atoms with Gasteiger partial charge < -0.3 is 10.1 Å². The highest BCUT2D eigenvalue weighted by Crippen LogP contribution is 2.37. The smallest absolute Gasteiger partial charge is 0.435 e. The Hall–Kier alpha value is -2.36. The van der Waals surface area contributed by atoms with Gasteiger partial charge in [-0.15, -0.1) is 11.3 Å². The van der Waals surface area contributed by atoms with Crippen LogP contribution in [0.1, 0.15) is 51.1 Å². The van der Waals surface area contributed by atoms with E-state index in [2.05, 4.69) is 10.4 Å². The first-order valence-corrected chi connectivity index (χ1v) is 9.67. The van der Waals surface area contributed by atoms with E-state index in [1.165, 1.54) is 11.3 Å². The molecule has 28 heavy (non-hydrogen) atoms. The van der Waals surface area contributed by atoms with Crippen molar-refractivity contribution in [2.45, 2.75) is 52.8 Å². The standard InChI is InChI=1S/C18H20F3N3O3S/c1-4-27-17(26)14-9(2)10(3)28-16(14)22-13(25)8-24-12-7-5-6-11(12)15(23-24)18(19,20)21/h4-8H2,1-3H3,(H,22,25). The molecule has 0 aromatic carbocycles. The SMILES string of the molecule is CCOC(=O)c1c(NC(=O)Cn2nc(C(F)(F)F)c3c2CCC3)sc(C)c1C. The van der Waals surface area contributed by atoms with Crippen LogP contribution >= 0.6 is 11.3 Å². The molecule has 3 rings (SSSR count). The first-order chi connectivity index (χ1) is 13.1. The van der Waals surface area contributed by atoms with Gasteiger partial charge in [-0.3, -0.25) is 9.48 Å². The highest BCUT2D eigenvalue weighted by atomic mass is 32.1. The quantitative estimate of drug-likeness (QED) is 0.752. The number of aryl methyl sites for hydroxylation is 1. The first-order valence-electron chi connectivity index (χ1n) is 8.86. The molecule has 0 spiro atoms. The maximum Gasteiger partial charge on any atom is 0.435 e. The number of aromatic nitrogens is 2. The molecule has 0 saturated carbocycles. The maximum atomic E-state index is 13.2. The number of carbonyl (C=O) groups excluding carboxylic acids is 2. The third-order valence-corrected chi connectivity index (χ3v) is 5.81. The molecule has 0 aliphatic heterocycles. The molecule has 1 aliphatic carbocycles. The Balaban J connectivity index is 1.83. The number of rotatable bonds is 5. The van der Waals surface area contributed by atoms with Crippen LogP contribution in [0.2, 0.25) is 0 Å². The Labute approximate surface area is 163 Å². The molecule has 1 amide bonds. The van der Waals surface area contributed by atoms with Crippen LogP contribution in [0.3, 0.4) is 0 Å². The third kappa shape index (κ3) is 3.78. The summed E-state index contributed by atoms with van der Waals surface area (Å²) >= 11 is 1.23. The van der Waals surface area contributed by atoms with Crippen molar-refractivity contribution >= 4 is 28.2 Å². The van der Waals surface area contributed by atoms with Crippen molar-refractivity contribution < 1.29 is 27.5 Å². The summed E-state index contributed by atoms with van der Waals surface area (Å²) in [6.07, 6.45) is -3.18. The van der Waals surface area contributed by atoms with Crippen molar-refractivity contribution in [1.82, 2.24) is 9.78 Å². The van der Waals surface area contributed by atoms with Gasteiger partial charge >= 0.3 is 12.1 Å². The molecule has 0 bridgehead atoms. The van der Waals surface area contributed by atoms with E-state index in [4.69, 9.17) is 4.74 Å². The number of hydrogen-bond acceptors (Lipinski definition) is 5. The largest absolute Gasteiger partial charge is 0.462 e. The number of nitrogens with zero attached hydrogens (tertiary/aromatic N) is 2. The van der Waals surface area contributed by atoms with Crippen LogP contribution in [0.15, 0.2) is 0 Å². The van der Waals surface area contributed by atoms with Crippen LogP contribution in [0, 0.1) is 13.8 Å². The summed E-state index contributed by atoms with van der Waals surface area (Å²) in [5, 5.41) is 6.60. The van der Waals surface area contributed by atoms with Crippen molar-refractivity contribution in [2.75, 3.05) is 11.9 Å². The molecule has 10 heteroatoms. The molecule has 0 unspecified atom stereocenters. The second kappa shape index (κ2) is 7.57. The van der Waals surface area contributed by atoms with Crippen LogP contribution in [-0.2, 0) is 35.1 Å². The zero-order valence-corrected chi connectivity index (χ0v) is 16.5. The summed E-state index contributed by atoms with van der Waals surface area (Å²) in [6, 6.07) is 0. The topological polar surface area (TPSA) is 73.2 Å². The van der Waals surface area contributed by atoms with E-state index in [1.807, 2.05) is 6.92 Å². The molecule has 152 valence electrons. The monoisotopic (exact) mass is 415 g/mol. The molecule has 1 aliphatic rings. The summed E-state index contributed by atoms with van der Waals surface area (Å²) in [4.78, 5) is 25.5. The van der Waals surface area contributed by atoms with Gasteiger partial charge in [0.15, 0.2) is 5.69 Å². The van der Waals surface area contributed by atoms with Gasteiger partial charge in [0, 0.05) is 16.1 Å². The van der Waals surface area contributed by atoms with Gasteiger partial charge in [0.1, 0.15) is 11.5 Å². The van der Waals surface area contributed by atoms with E-state index in [1.54, 1.807) is 13.8 Å². The number of anilines is 1.